The van der Waals surface area contributed by atoms with Crippen molar-refractivity contribution in [2.24, 2.45) is 0 Å². The minimum absolute atomic E-state index is 0.518. The molecule has 0 spiro atoms. The van der Waals surface area contributed by atoms with Crippen molar-refractivity contribution in [2.75, 3.05) is 0 Å². The fraction of sp³-hybridized carbons (Fsp3) is 0.200. The molecule has 1 aromatic carbocycles. The van der Waals surface area contributed by atoms with E-state index in [0.717, 1.165) is 28.9 Å². The largest absolute Gasteiger partial charge is 0.464 e. The van der Waals surface area contributed by atoms with E-state index in [1.165, 1.54) is 5.56 Å². The molecular formula is C15H14O2. The van der Waals surface area contributed by atoms with Gasteiger partial charge in [-0.2, -0.15) is 0 Å². The third kappa shape index (κ3) is 1.53. The van der Waals surface area contributed by atoms with Crippen molar-refractivity contribution in [1.29, 1.82) is 0 Å². The van der Waals surface area contributed by atoms with E-state index in [2.05, 4.69) is 6.92 Å². The van der Waals surface area contributed by atoms with Gasteiger partial charge >= 0.3 is 0 Å². The second kappa shape index (κ2) is 3.90. The van der Waals surface area contributed by atoms with Gasteiger partial charge in [-0.1, -0.05) is 31.2 Å². The maximum absolute atomic E-state index is 10.00. The van der Waals surface area contributed by atoms with Gasteiger partial charge in [0.25, 0.3) is 0 Å². The van der Waals surface area contributed by atoms with E-state index in [4.69, 9.17) is 4.42 Å². The van der Waals surface area contributed by atoms with Gasteiger partial charge in [0, 0.05) is 5.57 Å². The number of benzene rings is 1. The van der Waals surface area contributed by atoms with E-state index in [0.29, 0.717) is 0 Å². The lowest BCUT2D eigenvalue weighted by Crippen LogP contribution is -1.90. The van der Waals surface area contributed by atoms with Gasteiger partial charge in [-0.3, -0.25) is 0 Å². The molecular weight excluding hydrogens is 212 g/mol. The fourth-order valence-electron chi connectivity index (χ4n) is 2.39. The van der Waals surface area contributed by atoms with Gasteiger partial charge < -0.3 is 9.52 Å². The summed E-state index contributed by atoms with van der Waals surface area (Å²) in [5.41, 5.74) is 4.22. The zero-order chi connectivity index (χ0) is 11.8. The summed E-state index contributed by atoms with van der Waals surface area (Å²) in [5, 5.41) is 10.00. The highest BCUT2D eigenvalue weighted by Crippen LogP contribution is 2.39. The first-order chi connectivity index (χ1) is 8.31. The summed E-state index contributed by atoms with van der Waals surface area (Å²) < 4.78 is 5.57. The van der Waals surface area contributed by atoms with E-state index in [1.807, 2.05) is 36.4 Å². The van der Waals surface area contributed by atoms with E-state index in [1.54, 1.807) is 6.26 Å². The van der Waals surface area contributed by atoms with Gasteiger partial charge in [0.05, 0.1) is 12.4 Å². The predicted octanol–water partition coefficient (Wildman–Crippen LogP) is 3.32. The van der Waals surface area contributed by atoms with Gasteiger partial charge in [-0.15, -0.1) is 0 Å². The van der Waals surface area contributed by atoms with Crippen LogP contribution in [0.3, 0.4) is 0 Å². The highest BCUT2D eigenvalue weighted by molar-refractivity contribution is 5.84. The minimum atomic E-state index is -0.518. The molecule has 2 aromatic rings. The number of aliphatic hydroxyl groups excluding tert-OH is 1. The Morgan fingerprint density at radius 2 is 2.06 bits per heavy atom. The van der Waals surface area contributed by atoms with Crippen molar-refractivity contribution >= 4 is 5.57 Å². The molecule has 1 aliphatic carbocycles. The fourth-order valence-corrected chi connectivity index (χ4v) is 2.39. The van der Waals surface area contributed by atoms with Gasteiger partial charge in [-0.25, -0.2) is 0 Å². The van der Waals surface area contributed by atoms with Crippen LogP contribution >= 0.6 is 0 Å². The SMILES string of the molecule is CCc1ccoc1C1=CC(O)c2ccccc21. The van der Waals surface area contributed by atoms with E-state index >= 15 is 0 Å². The van der Waals surface area contributed by atoms with Crippen molar-refractivity contribution in [2.45, 2.75) is 19.4 Å². The van der Waals surface area contributed by atoms with Crippen molar-refractivity contribution in [3.8, 4) is 0 Å². The summed E-state index contributed by atoms with van der Waals surface area (Å²) >= 11 is 0. The van der Waals surface area contributed by atoms with Gasteiger partial charge in [-0.05, 0) is 35.3 Å². The van der Waals surface area contributed by atoms with Gasteiger partial charge in [0.2, 0.25) is 0 Å². The first-order valence-electron chi connectivity index (χ1n) is 5.87. The van der Waals surface area contributed by atoms with Crippen LogP contribution in [0.2, 0.25) is 0 Å². The van der Waals surface area contributed by atoms with Crippen molar-refractivity contribution in [1.82, 2.24) is 0 Å². The van der Waals surface area contributed by atoms with Crippen LogP contribution < -0.4 is 0 Å². The third-order valence-electron chi connectivity index (χ3n) is 3.27. The predicted molar refractivity (Wildman–Crippen MR) is 66.6 cm³/mol. The van der Waals surface area contributed by atoms with E-state index in [9.17, 15) is 5.11 Å². The second-order valence-electron chi connectivity index (χ2n) is 4.24. The lowest BCUT2D eigenvalue weighted by atomic mass is 10.0. The molecule has 2 heteroatoms. The van der Waals surface area contributed by atoms with Crippen LogP contribution in [0.5, 0.6) is 0 Å². The van der Waals surface area contributed by atoms with Gasteiger partial charge in [0.1, 0.15) is 5.76 Å². The topological polar surface area (TPSA) is 33.4 Å². The number of hydrogen-bond donors (Lipinski definition) is 1. The Labute approximate surface area is 100 Å². The Morgan fingerprint density at radius 1 is 1.24 bits per heavy atom. The number of fused-ring (bicyclic) bond motifs is 1. The van der Waals surface area contributed by atoms with Crippen molar-refractivity contribution in [3.63, 3.8) is 0 Å². The standard InChI is InChI=1S/C15H14O2/c1-2-10-7-8-17-15(10)13-9-14(16)12-6-4-3-5-11(12)13/h3-9,14,16H,2H2,1H3. The molecule has 0 bridgehead atoms. The smallest absolute Gasteiger partial charge is 0.137 e. The molecule has 1 heterocycles. The molecule has 86 valence electrons. The normalized spacial score (nSPS) is 18.0. The number of rotatable bonds is 2. The number of aryl methyl sites for hydroxylation is 1. The second-order valence-corrected chi connectivity index (χ2v) is 4.24. The Hall–Kier alpha value is -1.80. The molecule has 0 saturated carbocycles. The monoisotopic (exact) mass is 226 g/mol. The molecule has 1 aromatic heterocycles. The van der Waals surface area contributed by atoms with Crippen LogP contribution in [0.25, 0.3) is 5.57 Å². The maximum atomic E-state index is 10.00. The third-order valence-corrected chi connectivity index (χ3v) is 3.27. The van der Waals surface area contributed by atoms with Crippen LogP contribution in [-0.4, -0.2) is 5.11 Å². The van der Waals surface area contributed by atoms with E-state index < -0.39 is 6.10 Å². The zero-order valence-electron chi connectivity index (χ0n) is 9.68. The average Bonchev–Trinajstić information content (AvgIpc) is 2.94. The van der Waals surface area contributed by atoms with Crippen molar-refractivity contribution in [3.05, 3.63) is 65.1 Å². The number of furan rings is 1. The molecule has 1 aliphatic rings. The summed E-state index contributed by atoms with van der Waals surface area (Å²) in [6, 6.07) is 9.90. The van der Waals surface area contributed by atoms with Crippen LogP contribution in [-0.2, 0) is 6.42 Å². The first-order valence-corrected chi connectivity index (χ1v) is 5.87. The molecule has 0 fully saturated rings. The summed E-state index contributed by atoms with van der Waals surface area (Å²) in [6.07, 6.45) is 3.99. The highest BCUT2D eigenvalue weighted by Gasteiger charge is 2.24. The molecule has 1 N–H and O–H groups in total. The highest BCUT2D eigenvalue weighted by atomic mass is 16.3. The van der Waals surface area contributed by atoms with Gasteiger partial charge in [0.15, 0.2) is 0 Å². The zero-order valence-corrected chi connectivity index (χ0v) is 9.68. The van der Waals surface area contributed by atoms with Crippen LogP contribution in [0.1, 0.15) is 35.5 Å². The lowest BCUT2D eigenvalue weighted by molar-refractivity contribution is 0.232. The average molecular weight is 226 g/mol. The molecule has 17 heavy (non-hydrogen) atoms. The summed E-state index contributed by atoms with van der Waals surface area (Å²) in [7, 11) is 0. The Kier molecular flexibility index (Phi) is 2.37. The van der Waals surface area contributed by atoms with Crippen LogP contribution in [0.15, 0.2) is 47.1 Å². The molecule has 3 rings (SSSR count). The molecule has 1 unspecified atom stereocenters. The Morgan fingerprint density at radius 3 is 2.88 bits per heavy atom. The molecule has 1 atom stereocenters. The summed E-state index contributed by atoms with van der Waals surface area (Å²) in [5.74, 6) is 0.886. The molecule has 2 nitrogen and oxygen atoms in total. The quantitative estimate of drug-likeness (QED) is 0.852. The number of aliphatic hydroxyl groups is 1. The van der Waals surface area contributed by atoms with E-state index in [-0.39, 0.29) is 0 Å². The molecule has 0 radical (unpaired) electrons. The minimum Gasteiger partial charge on any atom is -0.464 e. The van der Waals surface area contributed by atoms with Crippen LogP contribution in [0, 0.1) is 0 Å². The lowest BCUT2D eigenvalue weighted by Gasteiger charge is -2.05. The summed E-state index contributed by atoms with van der Waals surface area (Å²) in [6.45, 7) is 2.10. The molecule has 0 aliphatic heterocycles. The molecule has 0 amide bonds. The van der Waals surface area contributed by atoms with Crippen LogP contribution in [0.4, 0.5) is 0 Å². The van der Waals surface area contributed by atoms with Crippen molar-refractivity contribution < 1.29 is 9.52 Å². The Bertz CT molecular complexity index is 578. The first kappa shape index (κ1) is 10.4. The molecule has 0 saturated heterocycles. The maximum Gasteiger partial charge on any atom is 0.137 e. The number of hydrogen-bond acceptors (Lipinski definition) is 2. The Balaban J connectivity index is 2.15. The summed E-state index contributed by atoms with van der Waals surface area (Å²) in [4.78, 5) is 0.